The van der Waals surface area contributed by atoms with E-state index >= 15 is 0 Å². The second-order valence-electron chi connectivity index (χ2n) is 6.30. The van der Waals surface area contributed by atoms with Crippen LogP contribution in [0.4, 0.5) is 8.78 Å². The predicted octanol–water partition coefficient (Wildman–Crippen LogP) is 4.22. The molecule has 0 saturated heterocycles. The Labute approximate surface area is 148 Å². The van der Waals surface area contributed by atoms with E-state index in [9.17, 15) is 8.78 Å². The topological polar surface area (TPSA) is 41.8 Å². The SMILES string of the molecule is FC(F)Oc1ccc(C2Cc3c(Cl)c[nH+]cc3O2)cc1OCC1CC1. The summed E-state index contributed by atoms with van der Waals surface area (Å²) in [7, 11) is 0. The van der Waals surface area contributed by atoms with Crippen molar-refractivity contribution in [1.29, 1.82) is 0 Å². The van der Waals surface area contributed by atoms with Gasteiger partial charge in [-0.3, -0.25) is 0 Å². The third-order valence-corrected chi connectivity index (χ3v) is 4.73. The summed E-state index contributed by atoms with van der Waals surface area (Å²) in [6, 6.07) is 4.94. The van der Waals surface area contributed by atoms with Crippen LogP contribution in [0.2, 0.25) is 5.02 Å². The smallest absolute Gasteiger partial charge is 0.387 e. The highest BCUT2D eigenvalue weighted by molar-refractivity contribution is 6.31. The normalized spacial score (nSPS) is 18.8. The second-order valence-corrected chi connectivity index (χ2v) is 6.70. The Morgan fingerprint density at radius 3 is 2.80 bits per heavy atom. The summed E-state index contributed by atoms with van der Waals surface area (Å²) in [5, 5.41) is 0.614. The molecule has 7 heteroatoms. The summed E-state index contributed by atoms with van der Waals surface area (Å²) in [5.41, 5.74) is 1.76. The molecule has 0 bridgehead atoms. The van der Waals surface area contributed by atoms with Gasteiger partial charge in [0.2, 0.25) is 6.20 Å². The first-order valence-corrected chi connectivity index (χ1v) is 8.54. The molecular weight excluding hydrogens is 352 g/mol. The fourth-order valence-corrected chi connectivity index (χ4v) is 3.11. The van der Waals surface area contributed by atoms with Crippen molar-refractivity contribution in [2.75, 3.05) is 6.61 Å². The fourth-order valence-electron chi connectivity index (χ4n) is 2.88. The van der Waals surface area contributed by atoms with Gasteiger partial charge in [0, 0.05) is 12.0 Å². The summed E-state index contributed by atoms with van der Waals surface area (Å²) in [4.78, 5) is 2.93. The highest BCUT2D eigenvalue weighted by atomic mass is 35.5. The van der Waals surface area contributed by atoms with Crippen LogP contribution in [0, 0.1) is 5.92 Å². The Kier molecular flexibility index (Phi) is 4.37. The van der Waals surface area contributed by atoms with Crippen molar-refractivity contribution in [3.8, 4) is 17.2 Å². The minimum absolute atomic E-state index is 0.0428. The average molecular weight is 369 g/mol. The molecule has 1 aromatic heterocycles. The quantitative estimate of drug-likeness (QED) is 0.766. The number of H-pyrrole nitrogens is 1. The number of nitrogens with one attached hydrogen (secondary N) is 1. The molecule has 1 aliphatic carbocycles. The first-order valence-electron chi connectivity index (χ1n) is 8.17. The van der Waals surface area contributed by atoms with Crippen LogP contribution >= 0.6 is 11.6 Å². The van der Waals surface area contributed by atoms with E-state index in [4.69, 9.17) is 21.1 Å². The maximum absolute atomic E-state index is 12.6. The Hall–Kier alpha value is -2.08. The van der Waals surface area contributed by atoms with E-state index in [0.29, 0.717) is 35.5 Å². The van der Waals surface area contributed by atoms with Crippen LogP contribution in [0.25, 0.3) is 0 Å². The number of rotatable bonds is 6. The van der Waals surface area contributed by atoms with E-state index in [1.807, 2.05) is 0 Å². The van der Waals surface area contributed by atoms with Gasteiger partial charge in [0.15, 0.2) is 23.4 Å². The van der Waals surface area contributed by atoms with E-state index in [-0.39, 0.29) is 11.9 Å². The largest absolute Gasteiger partial charge is 0.489 e. The summed E-state index contributed by atoms with van der Waals surface area (Å²) in [5.74, 6) is 1.57. The van der Waals surface area contributed by atoms with Gasteiger partial charge in [0.05, 0.1) is 6.61 Å². The van der Waals surface area contributed by atoms with Gasteiger partial charge < -0.3 is 14.2 Å². The standard InChI is InChI=1S/C18H16ClF2NO3/c19-13-7-22-8-17-12(13)6-15(24-17)11-3-4-14(25-18(20)21)16(5-11)23-9-10-1-2-10/h3-5,7-8,10,15,18H,1-2,6,9H2/p+1. The van der Waals surface area contributed by atoms with Crippen LogP contribution in [0.5, 0.6) is 17.2 Å². The molecule has 132 valence electrons. The van der Waals surface area contributed by atoms with Crippen molar-refractivity contribution in [3.63, 3.8) is 0 Å². The Morgan fingerprint density at radius 2 is 2.08 bits per heavy atom. The lowest BCUT2D eigenvalue weighted by molar-refractivity contribution is -0.378. The minimum atomic E-state index is -2.89. The lowest BCUT2D eigenvalue weighted by Crippen LogP contribution is -2.08. The first kappa shape index (κ1) is 16.4. The third-order valence-electron chi connectivity index (χ3n) is 4.40. The van der Waals surface area contributed by atoms with Gasteiger partial charge in [-0.2, -0.15) is 8.78 Å². The lowest BCUT2D eigenvalue weighted by Gasteiger charge is -2.16. The molecule has 1 atom stereocenters. The van der Waals surface area contributed by atoms with E-state index in [1.54, 1.807) is 24.5 Å². The zero-order valence-electron chi connectivity index (χ0n) is 13.3. The summed E-state index contributed by atoms with van der Waals surface area (Å²) >= 11 is 6.19. The van der Waals surface area contributed by atoms with Crippen molar-refractivity contribution >= 4 is 11.6 Å². The molecule has 1 N–H and O–H groups in total. The number of benzene rings is 1. The van der Waals surface area contributed by atoms with E-state index in [1.165, 1.54) is 6.07 Å². The Morgan fingerprint density at radius 1 is 1.24 bits per heavy atom. The zero-order valence-corrected chi connectivity index (χ0v) is 14.1. The van der Waals surface area contributed by atoms with Gasteiger partial charge in [-0.05, 0) is 36.5 Å². The fraction of sp³-hybridized carbons (Fsp3) is 0.389. The maximum atomic E-state index is 12.6. The number of aromatic amines is 1. The van der Waals surface area contributed by atoms with E-state index in [0.717, 1.165) is 24.0 Å². The molecule has 1 unspecified atom stereocenters. The van der Waals surface area contributed by atoms with Crippen molar-refractivity contribution in [3.05, 3.63) is 46.7 Å². The van der Waals surface area contributed by atoms with Crippen molar-refractivity contribution in [1.82, 2.24) is 0 Å². The molecule has 0 spiro atoms. The van der Waals surface area contributed by atoms with Gasteiger partial charge >= 0.3 is 6.61 Å². The first-order chi connectivity index (χ1) is 12.1. The minimum Gasteiger partial charge on any atom is -0.489 e. The molecule has 2 heterocycles. The monoisotopic (exact) mass is 368 g/mol. The van der Waals surface area contributed by atoms with Gasteiger partial charge in [-0.25, -0.2) is 4.98 Å². The van der Waals surface area contributed by atoms with Gasteiger partial charge in [-0.1, -0.05) is 17.7 Å². The summed E-state index contributed by atoms with van der Waals surface area (Å²) in [6.45, 7) is -2.38. The van der Waals surface area contributed by atoms with Crippen molar-refractivity contribution in [2.45, 2.75) is 32.0 Å². The molecule has 4 rings (SSSR count). The lowest BCUT2D eigenvalue weighted by atomic mass is 10.0. The van der Waals surface area contributed by atoms with Crippen LogP contribution in [0.15, 0.2) is 30.6 Å². The number of pyridine rings is 1. The number of halogens is 3. The Balaban J connectivity index is 1.57. The molecule has 0 amide bonds. The number of hydrogen-bond donors (Lipinski definition) is 0. The van der Waals surface area contributed by atoms with Crippen LogP contribution in [-0.4, -0.2) is 13.2 Å². The summed E-state index contributed by atoms with van der Waals surface area (Å²) < 4.78 is 41.4. The molecule has 0 radical (unpaired) electrons. The molecule has 1 aromatic carbocycles. The van der Waals surface area contributed by atoms with Gasteiger partial charge in [-0.15, -0.1) is 0 Å². The van der Waals surface area contributed by atoms with Crippen molar-refractivity contribution < 1.29 is 28.0 Å². The van der Waals surface area contributed by atoms with Gasteiger partial charge in [0.25, 0.3) is 0 Å². The number of alkyl halides is 2. The van der Waals surface area contributed by atoms with Crippen molar-refractivity contribution in [2.24, 2.45) is 5.92 Å². The third kappa shape index (κ3) is 3.63. The molecule has 1 fully saturated rings. The number of fused-ring (bicyclic) bond motifs is 1. The Bertz CT molecular complexity index is 783. The van der Waals surface area contributed by atoms with Crippen LogP contribution < -0.4 is 19.2 Å². The zero-order chi connectivity index (χ0) is 17.4. The molecular formula is C18H17ClF2NO3+. The van der Waals surface area contributed by atoms with Crippen LogP contribution in [-0.2, 0) is 6.42 Å². The van der Waals surface area contributed by atoms with Crippen LogP contribution in [0.3, 0.4) is 0 Å². The van der Waals surface area contributed by atoms with Gasteiger partial charge in [0.1, 0.15) is 11.1 Å². The maximum Gasteiger partial charge on any atom is 0.387 e. The molecule has 1 saturated carbocycles. The summed E-state index contributed by atoms with van der Waals surface area (Å²) in [6.07, 6.45) is 6.05. The van der Waals surface area contributed by atoms with E-state index in [2.05, 4.69) is 9.72 Å². The second kappa shape index (κ2) is 6.67. The molecule has 1 aliphatic heterocycles. The highest BCUT2D eigenvalue weighted by Crippen LogP contribution is 2.41. The number of hydrogen-bond acceptors (Lipinski definition) is 3. The number of aromatic nitrogens is 1. The average Bonchev–Trinajstić information content (AvgIpc) is 3.30. The molecule has 2 aliphatic rings. The van der Waals surface area contributed by atoms with E-state index < -0.39 is 6.61 Å². The molecule has 2 aromatic rings. The predicted molar refractivity (Wildman–Crippen MR) is 86.4 cm³/mol. The molecule has 25 heavy (non-hydrogen) atoms. The molecule has 4 nitrogen and oxygen atoms in total. The van der Waals surface area contributed by atoms with Crippen LogP contribution in [0.1, 0.15) is 30.1 Å². The number of ether oxygens (including phenoxy) is 3. The highest BCUT2D eigenvalue weighted by Gasteiger charge is 2.30.